The van der Waals surface area contributed by atoms with Crippen LogP contribution in [0.4, 0.5) is 0 Å². The van der Waals surface area contributed by atoms with Crippen molar-refractivity contribution >= 4 is 24.8 Å². The number of nitrogens with zero attached hydrogens (tertiary/aromatic N) is 2. The van der Waals surface area contributed by atoms with Crippen molar-refractivity contribution in [3.05, 3.63) is 18.3 Å². The third-order valence-corrected chi connectivity index (χ3v) is 1.53. The molecule has 0 radical (unpaired) electrons. The van der Waals surface area contributed by atoms with Crippen LogP contribution in [0, 0.1) is 0 Å². The van der Waals surface area contributed by atoms with E-state index < -0.39 is 0 Å². The topological polar surface area (TPSA) is 45.6 Å². The molecule has 1 aromatic rings. The van der Waals surface area contributed by atoms with Crippen molar-refractivity contribution in [2.24, 2.45) is 0 Å². The van der Waals surface area contributed by atoms with Gasteiger partial charge in [-0.25, -0.2) is 4.98 Å². The number of likely N-dealkylation sites (N-methyl/N-ethyl adjacent to an activating group) is 1. The second-order valence-corrected chi connectivity index (χ2v) is 2.98. The molecule has 0 fully saturated rings. The Morgan fingerprint density at radius 1 is 1.40 bits per heavy atom. The van der Waals surface area contributed by atoms with Gasteiger partial charge in [-0.05, 0) is 26.2 Å². The zero-order valence-corrected chi connectivity index (χ0v) is 10.3. The lowest BCUT2D eigenvalue weighted by Crippen LogP contribution is -2.19. The van der Waals surface area contributed by atoms with E-state index in [1.807, 2.05) is 19.0 Å². The quantitative estimate of drug-likeness (QED) is 0.887. The molecule has 0 saturated heterocycles. The van der Waals surface area contributed by atoms with Crippen LogP contribution >= 0.6 is 24.8 Å². The van der Waals surface area contributed by atoms with Gasteiger partial charge in [-0.3, -0.25) is 0 Å². The molecular weight excluding hydrogens is 239 g/mol. The van der Waals surface area contributed by atoms with Crippen LogP contribution in [-0.4, -0.2) is 42.2 Å². The van der Waals surface area contributed by atoms with E-state index in [9.17, 15) is 5.11 Å². The van der Waals surface area contributed by atoms with Gasteiger partial charge in [0, 0.05) is 12.7 Å². The van der Waals surface area contributed by atoms with Crippen molar-refractivity contribution < 1.29 is 9.84 Å². The van der Waals surface area contributed by atoms with Crippen LogP contribution in [0.3, 0.4) is 0 Å². The van der Waals surface area contributed by atoms with Crippen molar-refractivity contribution in [3.63, 3.8) is 0 Å². The van der Waals surface area contributed by atoms with Gasteiger partial charge in [-0.2, -0.15) is 0 Å². The third-order valence-electron chi connectivity index (χ3n) is 1.53. The van der Waals surface area contributed by atoms with E-state index >= 15 is 0 Å². The Kier molecular flexibility index (Phi) is 9.57. The van der Waals surface area contributed by atoms with Crippen molar-refractivity contribution in [3.8, 4) is 11.6 Å². The summed E-state index contributed by atoms with van der Waals surface area (Å²) in [5.41, 5.74) is 0. The molecule has 0 aliphatic heterocycles. The lowest BCUT2D eigenvalue weighted by Gasteiger charge is -2.10. The van der Waals surface area contributed by atoms with Crippen LogP contribution in [0.5, 0.6) is 11.6 Å². The maximum absolute atomic E-state index is 9.27. The average Bonchev–Trinajstić information content (AvgIpc) is 2.08. The second kappa shape index (κ2) is 8.59. The summed E-state index contributed by atoms with van der Waals surface area (Å²) in [5, 5.41) is 9.27. The first-order chi connectivity index (χ1) is 6.20. The largest absolute Gasteiger partial charge is 0.503 e. The van der Waals surface area contributed by atoms with Crippen LogP contribution in [0.2, 0.25) is 0 Å². The van der Waals surface area contributed by atoms with E-state index in [0.717, 1.165) is 6.54 Å². The Hall–Kier alpha value is -0.710. The number of ether oxygens (including phenoxy) is 1. The maximum atomic E-state index is 9.27. The van der Waals surface area contributed by atoms with Crippen LogP contribution < -0.4 is 4.74 Å². The fourth-order valence-electron chi connectivity index (χ4n) is 0.818. The second-order valence-electron chi connectivity index (χ2n) is 2.98. The molecule has 88 valence electrons. The maximum Gasteiger partial charge on any atom is 0.256 e. The highest BCUT2D eigenvalue weighted by Gasteiger charge is 2.01. The van der Waals surface area contributed by atoms with Crippen LogP contribution in [0.1, 0.15) is 0 Å². The summed E-state index contributed by atoms with van der Waals surface area (Å²) >= 11 is 0. The molecule has 0 bridgehead atoms. The van der Waals surface area contributed by atoms with E-state index in [2.05, 4.69) is 4.98 Å². The molecule has 6 heteroatoms. The minimum Gasteiger partial charge on any atom is -0.503 e. The lowest BCUT2D eigenvalue weighted by atomic mass is 10.4. The summed E-state index contributed by atoms with van der Waals surface area (Å²) in [6, 6.07) is 3.21. The Morgan fingerprint density at radius 3 is 2.60 bits per heavy atom. The standard InChI is InChI=1S/C9H14N2O2.2ClH/c1-11(2)6-7-13-9-8(12)4-3-5-10-9;;/h3-5,12H,6-7H2,1-2H3;2*1H. The zero-order chi connectivity index (χ0) is 9.68. The Balaban J connectivity index is 0. The van der Waals surface area contributed by atoms with Gasteiger partial charge < -0.3 is 14.7 Å². The van der Waals surface area contributed by atoms with Gasteiger partial charge >= 0.3 is 0 Å². The molecule has 0 saturated carbocycles. The highest BCUT2D eigenvalue weighted by atomic mass is 35.5. The van der Waals surface area contributed by atoms with E-state index in [-0.39, 0.29) is 30.6 Å². The molecule has 15 heavy (non-hydrogen) atoms. The predicted molar refractivity (Wildman–Crippen MR) is 64.4 cm³/mol. The van der Waals surface area contributed by atoms with Crippen LogP contribution in [0.25, 0.3) is 0 Å². The van der Waals surface area contributed by atoms with Gasteiger partial charge in [0.05, 0.1) is 0 Å². The minimum atomic E-state index is 0. The first-order valence-corrected chi connectivity index (χ1v) is 4.11. The number of pyridine rings is 1. The lowest BCUT2D eigenvalue weighted by molar-refractivity contribution is 0.244. The summed E-state index contributed by atoms with van der Waals surface area (Å²) in [5.74, 6) is 0.380. The molecule has 0 aliphatic carbocycles. The smallest absolute Gasteiger partial charge is 0.256 e. The molecule has 1 rings (SSSR count). The summed E-state index contributed by atoms with van der Waals surface area (Å²) in [4.78, 5) is 5.88. The predicted octanol–water partition coefficient (Wildman–Crippen LogP) is 1.57. The van der Waals surface area contributed by atoms with Crippen molar-refractivity contribution in [1.82, 2.24) is 9.88 Å². The van der Waals surface area contributed by atoms with Gasteiger partial charge in [0.2, 0.25) is 0 Å². The highest BCUT2D eigenvalue weighted by molar-refractivity contribution is 5.85. The first-order valence-electron chi connectivity index (χ1n) is 4.11. The van der Waals surface area contributed by atoms with E-state index in [4.69, 9.17) is 4.74 Å². The molecule has 0 atom stereocenters. The minimum absolute atomic E-state index is 0. The fourth-order valence-corrected chi connectivity index (χ4v) is 0.818. The van der Waals surface area contributed by atoms with Gasteiger partial charge in [-0.15, -0.1) is 24.8 Å². The number of hydrogen-bond acceptors (Lipinski definition) is 4. The van der Waals surface area contributed by atoms with Crippen molar-refractivity contribution in [2.45, 2.75) is 0 Å². The molecule has 0 spiro atoms. The molecule has 0 aromatic carbocycles. The van der Waals surface area contributed by atoms with Crippen LogP contribution in [0.15, 0.2) is 18.3 Å². The molecular formula is C9H16Cl2N2O2. The van der Waals surface area contributed by atoms with Gasteiger partial charge in [0.25, 0.3) is 5.88 Å². The van der Waals surface area contributed by atoms with Gasteiger partial charge in [-0.1, -0.05) is 0 Å². The SMILES string of the molecule is CN(C)CCOc1ncccc1O.Cl.Cl. The average molecular weight is 255 g/mol. The number of halogens is 2. The zero-order valence-electron chi connectivity index (χ0n) is 8.71. The number of rotatable bonds is 4. The first kappa shape index (κ1) is 16.7. The highest BCUT2D eigenvalue weighted by Crippen LogP contribution is 2.20. The van der Waals surface area contributed by atoms with E-state index in [1.54, 1.807) is 18.3 Å². The molecule has 1 aromatic heterocycles. The van der Waals surface area contributed by atoms with E-state index in [1.165, 1.54) is 0 Å². The molecule has 0 amide bonds. The molecule has 4 nitrogen and oxygen atoms in total. The Labute approximate surface area is 102 Å². The van der Waals surface area contributed by atoms with Crippen LogP contribution in [-0.2, 0) is 0 Å². The molecule has 1 N–H and O–H groups in total. The molecule has 1 heterocycles. The van der Waals surface area contributed by atoms with Crippen molar-refractivity contribution in [2.75, 3.05) is 27.2 Å². The summed E-state index contributed by atoms with van der Waals surface area (Å²) in [7, 11) is 3.92. The fraction of sp³-hybridized carbons (Fsp3) is 0.444. The third kappa shape index (κ3) is 6.38. The number of aromatic hydroxyl groups is 1. The number of hydrogen-bond donors (Lipinski definition) is 1. The van der Waals surface area contributed by atoms with Gasteiger partial charge in [0.1, 0.15) is 6.61 Å². The monoisotopic (exact) mass is 254 g/mol. The Bertz CT molecular complexity index is 272. The summed E-state index contributed by atoms with van der Waals surface area (Å²) < 4.78 is 5.24. The van der Waals surface area contributed by atoms with Crippen molar-refractivity contribution in [1.29, 1.82) is 0 Å². The molecule has 0 unspecified atom stereocenters. The van der Waals surface area contributed by atoms with E-state index in [0.29, 0.717) is 12.5 Å². The summed E-state index contributed by atoms with van der Waals surface area (Å²) in [6.07, 6.45) is 1.59. The normalized spacial score (nSPS) is 9.00. The summed E-state index contributed by atoms with van der Waals surface area (Å²) in [6.45, 7) is 1.33. The number of aromatic nitrogens is 1. The van der Waals surface area contributed by atoms with Gasteiger partial charge in [0.15, 0.2) is 5.75 Å². The molecule has 0 aliphatic rings. The Morgan fingerprint density at radius 2 is 2.07 bits per heavy atom.